The fourth-order valence-corrected chi connectivity index (χ4v) is 2.93. The van der Waals surface area contributed by atoms with Crippen molar-refractivity contribution in [3.8, 4) is 0 Å². The Morgan fingerprint density at radius 2 is 1.40 bits per heavy atom. The van der Waals surface area contributed by atoms with Gasteiger partial charge in [0, 0.05) is 12.6 Å². The molecule has 0 aromatic heterocycles. The van der Waals surface area contributed by atoms with Gasteiger partial charge in [0.05, 0.1) is 6.54 Å². The van der Waals surface area contributed by atoms with Crippen molar-refractivity contribution >= 4 is 5.91 Å². The Morgan fingerprint density at radius 1 is 0.900 bits per heavy atom. The predicted molar refractivity (Wildman–Crippen MR) is 85.9 cm³/mol. The summed E-state index contributed by atoms with van der Waals surface area (Å²) < 4.78 is 0. The van der Waals surface area contributed by atoms with E-state index in [1.54, 1.807) is 0 Å². The molecule has 0 aromatic rings. The van der Waals surface area contributed by atoms with Crippen LogP contribution in [-0.2, 0) is 4.79 Å². The molecular formula is C17H34N2O. The van der Waals surface area contributed by atoms with E-state index in [4.69, 9.17) is 0 Å². The maximum atomic E-state index is 11.6. The van der Waals surface area contributed by atoms with E-state index in [2.05, 4.69) is 17.6 Å². The third-order valence-corrected chi connectivity index (χ3v) is 4.23. The van der Waals surface area contributed by atoms with Crippen LogP contribution in [0.4, 0.5) is 0 Å². The normalized spacial score (nSPS) is 19.9. The van der Waals surface area contributed by atoms with Crippen LogP contribution in [-0.4, -0.2) is 25.0 Å². The smallest absolute Gasteiger partial charge is 0.233 e. The van der Waals surface area contributed by atoms with Gasteiger partial charge in [0.2, 0.25) is 5.91 Å². The van der Waals surface area contributed by atoms with Gasteiger partial charge in [0.1, 0.15) is 0 Å². The Labute approximate surface area is 125 Å². The molecule has 1 rings (SSSR count). The second-order valence-corrected chi connectivity index (χ2v) is 6.19. The second-order valence-electron chi connectivity index (χ2n) is 6.19. The zero-order valence-electron chi connectivity index (χ0n) is 13.4. The van der Waals surface area contributed by atoms with Crippen molar-refractivity contribution in [3.05, 3.63) is 0 Å². The Balaban J connectivity index is 2.22. The third kappa shape index (κ3) is 9.35. The van der Waals surface area contributed by atoms with Crippen molar-refractivity contribution in [2.75, 3.05) is 13.1 Å². The molecule has 0 bridgehead atoms. The molecule has 0 saturated heterocycles. The highest BCUT2D eigenvalue weighted by Crippen LogP contribution is 2.16. The van der Waals surface area contributed by atoms with E-state index in [0.717, 1.165) is 13.0 Å². The molecule has 3 heteroatoms. The van der Waals surface area contributed by atoms with Crippen LogP contribution in [0.5, 0.6) is 0 Å². The van der Waals surface area contributed by atoms with Crippen molar-refractivity contribution in [3.63, 3.8) is 0 Å². The number of hydrogen-bond donors (Lipinski definition) is 2. The minimum atomic E-state index is 0.151. The lowest BCUT2D eigenvalue weighted by molar-refractivity contribution is -0.120. The lowest BCUT2D eigenvalue weighted by Gasteiger charge is -2.19. The third-order valence-electron chi connectivity index (χ3n) is 4.23. The van der Waals surface area contributed by atoms with Crippen molar-refractivity contribution in [2.45, 2.75) is 90.0 Å². The fraction of sp³-hybridized carbons (Fsp3) is 0.941. The average molecular weight is 282 g/mol. The maximum absolute atomic E-state index is 11.6. The van der Waals surface area contributed by atoms with Gasteiger partial charge in [-0.3, -0.25) is 4.79 Å². The zero-order chi connectivity index (χ0) is 14.5. The van der Waals surface area contributed by atoms with Crippen LogP contribution >= 0.6 is 0 Å². The first-order valence-corrected chi connectivity index (χ1v) is 8.83. The van der Waals surface area contributed by atoms with E-state index < -0.39 is 0 Å². The molecule has 0 aliphatic heterocycles. The summed E-state index contributed by atoms with van der Waals surface area (Å²) in [4.78, 5) is 11.6. The van der Waals surface area contributed by atoms with Gasteiger partial charge >= 0.3 is 0 Å². The number of carbonyl (C=O) groups excluding carboxylic acids is 1. The molecule has 0 atom stereocenters. The number of hydrogen-bond acceptors (Lipinski definition) is 2. The lowest BCUT2D eigenvalue weighted by atomic mass is 9.98. The van der Waals surface area contributed by atoms with Crippen LogP contribution < -0.4 is 10.6 Å². The van der Waals surface area contributed by atoms with Gasteiger partial charge < -0.3 is 10.6 Å². The van der Waals surface area contributed by atoms with Crippen LogP contribution in [0.25, 0.3) is 0 Å². The topological polar surface area (TPSA) is 41.1 Å². The van der Waals surface area contributed by atoms with Crippen molar-refractivity contribution in [1.29, 1.82) is 0 Å². The van der Waals surface area contributed by atoms with E-state index in [0.29, 0.717) is 12.6 Å². The summed E-state index contributed by atoms with van der Waals surface area (Å²) >= 11 is 0. The number of amides is 1. The summed E-state index contributed by atoms with van der Waals surface area (Å²) in [7, 11) is 0. The molecule has 0 heterocycles. The quantitative estimate of drug-likeness (QED) is 0.806. The molecule has 0 unspecified atom stereocenters. The number of nitrogens with one attached hydrogen (secondary N) is 2. The van der Waals surface area contributed by atoms with Gasteiger partial charge in [-0.25, -0.2) is 0 Å². The molecular weight excluding hydrogens is 248 g/mol. The number of rotatable bonds is 5. The van der Waals surface area contributed by atoms with Crippen LogP contribution in [0.3, 0.4) is 0 Å². The molecule has 0 radical (unpaired) electrons. The van der Waals surface area contributed by atoms with Crippen molar-refractivity contribution < 1.29 is 4.79 Å². The molecule has 1 amide bonds. The molecule has 3 nitrogen and oxygen atoms in total. The minimum absolute atomic E-state index is 0.151. The Morgan fingerprint density at radius 3 is 1.90 bits per heavy atom. The standard InChI is InChI=1S/C17H34N2O/c1-2-14-18-17(20)15-19-16-12-10-8-6-4-3-5-7-9-11-13-16/h16,19H,2-15H2,1H3,(H,18,20). The maximum Gasteiger partial charge on any atom is 0.233 e. The molecule has 2 N–H and O–H groups in total. The summed E-state index contributed by atoms with van der Waals surface area (Å²) in [5.41, 5.74) is 0. The summed E-state index contributed by atoms with van der Waals surface area (Å²) in [6.07, 6.45) is 15.9. The number of carbonyl (C=O) groups is 1. The van der Waals surface area contributed by atoms with Crippen LogP contribution in [0, 0.1) is 0 Å². The van der Waals surface area contributed by atoms with Gasteiger partial charge in [0.25, 0.3) is 0 Å². The molecule has 20 heavy (non-hydrogen) atoms. The Hall–Kier alpha value is -0.570. The molecule has 0 aromatic carbocycles. The van der Waals surface area contributed by atoms with Crippen LogP contribution in [0.1, 0.15) is 84.0 Å². The summed E-state index contributed by atoms with van der Waals surface area (Å²) in [5.74, 6) is 0.151. The predicted octanol–water partition coefficient (Wildman–Crippen LogP) is 3.78. The van der Waals surface area contributed by atoms with Crippen LogP contribution in [0.2, 0.25) is 0 Å². The summed E-state index contributed by atoms with van der Waals surface area (Å²) in [5, 5.41) is 6.41. The van der Waals surface area contributed by atoms with Crippen molar-refractivity contribution in [2.24, 2.45) is 0 Å². The first-order valence-electron chi connectivity index (χ1n) is 8.83. The highest BCUT2D eigenvalue weighted by Gasteiger charge is 2.10. The van der Waals surface area contributed by atoms with E-state index >= 15 is 0 Å². The molecule has 0 spiro atoms. The van der Waals surface area contributed by atoms with E-state index in [9.17, 15) is 4.79 Å². The van der Waals surface area contributed by atoms with Gasteiger partial charge in [0.15, 0.2) is 0 Å². The molecule has 1 fully saturated rings. The highest BCUT2D eigenvalue weighted by atomic mass is 16.1. The SMILES string of the molecule is CCCNC(=O)CNC1CCCCCCCCCCC1. The van der Waals surface area contributed by atoms with Gasteiger partial charge in [-0.1, -0.05) is 64.7 Å². The Kier molecular flexibility index (Phi) is 10.7. The monoisotopic (exact) mass is 282 g/mol. The van der Waals surface area contributed by atoms with E-state index in [1.165, 1.54) is 70.6 Å². The summed E-state index contributed by atoms with van der Waals surface area (Å²) in [6, 6.07) is 0.543. The molecule has 118 valence electrons. The molecule has 1 saturated carbocycles. The highest BCUT2D eigenvalue weighted by molar-refractivity contribution is 5.77. The summed E-state index contributed by atoms with van der Waals surface area (Å²) in [6.45, 7) is 3.37. The van der Waals surface area contributed by atoms with Gasteiger partial charge in [-0.15, -0.1) is 0 Å². The lowest BCUT2D eigenvalue weighted by Crippen LogP contribution is -2.39. The average Bonchev–Trinajstić information content (AvgIpc) is 2.44. The Bertz CT molecular complexity index is 231. The second kappa shape index (κ2) is 12.2. The largest absolute Gasteiger partial charge is 0.355 e. The van der Waals surface area contributed by atoms with Gasteiger partial charge in [-0.05, 0) is 19.3 Å². The van der Waals surface area contributed by atoms with Crippen molar-refractivity contribution in [1.82, 2.24) is 10.6 Å². The van der Waals surface area contributed by atoms with Gasteiger partial charge in [-0.2, -0.15) is 0 Å². The zero-order valence-corrected chi connectivity index (χ0v) is 13.4. The van der Waals surface area contributed by atoms with E-state index in [1.807, 2.05) is 0 Å². The molecule has 1 aliphatic carbocycles. The van der Waals surface area contributed by atoms with Crippen LogP contribution in [0.15, 0.2) is 0 Å². The fourth-order valence-electron chi connectivity index (χ4n) is 2.93. The molecule has 1 aliphatic rings. The van der Waals surface area contributed by atoms with E-state index in [-0.39, 0.29) is 5.91 Å². The first-order chi connectivity index (χ1) is 9.83. The minimum Gasteiger partial charge on any atom is -0.355 e. The first kappa shape index (κ1) is 17.5.